The molecule has 0 aromatic carbocycles. The third kappa shape index (κ3) is 1.31. The molecule has 0 fully saturated rings. The molecule has 0 aliphatic carbocycles. The molecule has 0 bridgehead atoms. The van der Waals surface area contributed by atoms with Crippen LogP contribution >= 0.6 is 0 Å². The number of dihydropyridines is 1. The van der Waals surface area contributed by atoms with Crippen LogP contribution < -0.4 is 5.32 Å². The zero-order chi connectivity index (χ0) is 6.74. The van der Waals surface area contributed by atoms with Crippen molar-refractivity contribution in [1.29, 1.82) is 0 Å². The van der Waals surface area contributed by atoms with Gasteiger partial charge in [-0.3, -0.25) is 0 Å². The Morgan fingerprint density at radius 1 is 1.56 bits per heavy atom. The van der Waals surface area contributed by atoms with Crippen LogP contribution in [0.4, 0.5) is 0 Å². The van der Waals surface area contributed by atoms with Crippen LogP contribution in [-0.2, 0) is 4.74 Å². The number of rotatable bonds is 1. The Morgan fingerprint density at radius 3 is 2.67 bits per heavy atom. The second-order valence-corrected chi connectivity index (χ2v) is 1.76. The Morgan fingerprint density at radius 2 is 2.33 bits per heavy atom. The fourth-order valence-corrected chi connectivity index (χ4v) is 0.584. The molecular formula is C6H9NO2. The molecule has 0 radical (unpaired) electrons. The number of allylic oxidation sites excluding steroid dienone is 2. The molecule has 0 aromatic rings. The number of nitrogens with one attached hydrogen (secondary N) is 1. The van der Waals surface area contributed by atoms with Gasteiger partial charge in [0.05, 0.1) is 0 Å². The molecule has 0 saturated heterocycles. The highest BCUT2D eigenvalue weighted by Gasteiger charge is 2.20. The van der Waals surface area contributed by atoms with Crippen molar-refractivity contribution >= 4 is 0 Å². The average molecular weight is 127 g/mol. The van der Waals surface area contributed by atoms with E-state index in [1.807, 2.05) is 0 Å². The minimum absolute atomic E-state index is 1.30. The minimum Gasteiger partial charge on any atom is -0.345 e. The summed E-state index contributed by atoms with van der Waals surface area (Å²) >= 11 is 0. The van der Waals surface area contributed by atoms with Crippen LogP contribution in [0.5, 0.6) is 0 Å². The van der Waals surface area contributed by atoms with Crippen molar-refractivity contribution < 1.29 is 9.84 Å². The van der Waals surface area contributed by atoms with Crippen molar-refractivity contribution in [3.63, 3.8) is 0 Å². The smallest absolute Gasteiger partial charge is 0.267 e. The van der Waals surface area contributed by atoms with Crippen LogP contribution in [0.15, 0.2) is 24.4 Å². The van der Waals surface area contributed by atoms with Crippen LogP contribution in [0.1, 0.15) is 0 Å². The first kappa shape index (κ1) is 6.32. The van der Waals surface area contributed by atoms with E-state index in [0.29, 0.717) is 0 Å². The van der Waals surface area contributed by atoms with E-state index in [1.165, 1.54) is 13.2 Å². The zero-order valence-electron chi connectivity index (χ0n) is 5.16. The highest BCUT2D eigenvalue weighted by molar-refractivity contribution is 5.12. The summed E-state index contributed by atoms with van der Waals surface area (Å²) in [5.74, 6) is -1.30. The van der Waals surface area contributed by atoms with Gasteiger partial charge < -0.3 is 15.2 Å². The molecule has 0 aromatic heterocycles. The number of aliphatic hydroxyl groups is 1. The van der Waals surface area contributed by atoms with Gasteiger partial charge in [0.15, 0.2) is 0 Å². The second-order valence-electron chi connectivity index (χ2n) is 1.76. The maximum Gasteiger partial charge on any atom is 0.267 e. The molecule has 1 aliphatic heterocycles. The van der Waals surface area contributed by atoms with E-state index in [2.05, 4.69) is 10.1 Å². The predicted octanol–water partition coefficient (Wildman–Crippen LogP) is -0.0480. The molecule has 3 heteroatoms. The van der Waals surface area contributed by atoms with Crippen LogP contribution in [0, 0.1) is 0 Å². The van der Waals surface area contributed by atoms with Gasteiger partial charge in [0.1, 0.15) is 0 Å². The summed E-state index contributed by atoms with van der Waals surface area (Å²) in [6, 6.07) is 0. The van der Waals surface area contributed by atoms with Gasteiger partial charge in [-0.05, 0) is 12.2 Å². The first-order valence-electron chi connectivity index (χ1n) is 2.66. The lowest BCUT2D eigenvalue weighted by atomic mass is 10.3. The molecule has 1 aliphatic rings. The molecule has 9 heavy (non-hydrogen) atoms. The lowest BCUT2D eigenvalue weighted by molar-refractivity contribution is -0.161. The monoisotopic (exact) mass is 127 g/mol. The number of hydrogen-bond acceptors (Lipinski definition) is 3. The van der Waals surface area contributed by atoms with Crippen LogP contribution in [0.3, 0.4) is 0 Å². The van der Waals surface area contributed by atoms with Crippen molar-refractivity contribution in [3.05, 3.63) is 24.4 Å². The molecule has 1 rings (SSSR count). The molecule has 2 N–H and O–H groups in total. The second kappa shape index (κ2) is 2.21. The number of hydrogen-bond donors (Lipinski definition) is 2. The third-order valence-corrected chi connectivity index (χ3v) is 1.13. The van der Waals surface area contributed by atoms with E-state index in [0.717, 1.165) is 0 Å². The van der Waals surface area contributed by atoms with Gasteiger partial charge in [-0.25, -0.2) is 0 Å². The van der Waals surface area contributed by atoms with Gasteiger partial charge in [-0.1, -0.05) is 6.08 Å². The van der Waals surface area contributed by atoms with Crippen LogP contribution in [0.25, 0.3) is 0 Å². The summed E-state index contributed by atoms with van der Waals surface area (Å²) < 4.78 is 4.69. The Balaban J connectivity index is 2.63. The SMILES string of the molecule is COC1(O)C=CC=CN1. The van der Waals surface area contributed by atoms with Gasteiger partial charge in [0.25, 0.3) is 5.91 Å². The van der Waals surface area contributed by atoms with E-state index in [1.54, 1.807) is 18.4 Å². The van der Waals surface area contributed by atoms with E-state index in [4.69, 9.17) is 0 Å². The van der Waals surface area contributed by atoms with E-state index >= 15 is 0 Å². The minimum atomic E-state index is -1.30. The van der Waals surface area contributed by atoms with Crippen molar-refractivity contribution in [2.45, 2.75) is 5.91 Å². The average Bonchev–Trinajstić information content (AvgIpc) is 1.90. The molecule has 0 spiro atoms. The number of ether oxygens (including phenoxy) is 1. The highest BCUT2D eigenvalue weighted by atomic mass is 16.6. The van der Waals surface area contributed by atoms with E-state index < -0.39 is 5.91 Å². The number of methoxy groups -OCH3 is 1. The zero-order valence-corrected chi connectivity index (χ0v) is 5.16. The summed E-state index contributed by atoms with van der Waals surface area (Å²) in [7, 11) is 1.43. The first-order chi connectivity index (χ1) is 4.27. The fourth-order valence-electron chi connectivity index (χ4n) is 0.584. The largest absolute Gasteiger partial charge is 0.345 e. The van der Waals surface area contributed by atoms with E-state index in [9.17, 15) is 5.11 Å². The van der Waals surface area contributed by atoms with E-state index in [-0.39, 0.29) is 0 Å². The summed E-state index contributed by atoms with van der Waals surface area (Å²) in [5, 5.41) is 11.8. The van der Waals surface area contributed by atoms with Crippen LogP contribution in [-0.4, -0.2) is 18.1 Å². The van der Waals surface area contributed by atoms with Crippen molar-refractivity contribution in [2.75, 3.05) is 7.11 Å². The Kier molecular flexibility index (Phi) is 1.55. The molecule has 1 unspecified atom stereocenters. The summed E-state index contributed by atoms with van der Waals surface area (Å²) in [6.07, 6.45) is 6.62. The lowest BCUT2D eigenvalue weighted by Gasteiger charge is -2.24. The lowest BCUT2D eigenvalue weighted by Crippen LogP contribution is -2.42. The molecule has 50 valence electrons. The maximum atomic E-state index is 9.21. The molecule has 1 atom stereocenters. The standard InChI is InChI=1S/C6H9NO2/c1-9-6(8)4-2-3-5-7-6/h2-5,7-8H,1H3. The molecule has 0 amide bonds. The third-order valence-electron chi connectivity index (χ3n) is 1.13. The Bertz CT molecular complexity index is 153. The molecule has 1 heterocycles. The van der Waals surface area contributed by atoms with Crippen LogP contribution in [0.2, 0.25) is 0 Å². The quantitative estimate of drug-likeness (QED) is 0.485. The van der Waals surface area contributed by atoms with Gasteiger partial charge in [-0.2, -0.15) is 0 Å². The van der Waals surface area contributed by atoms with Gasteiger partial charge in [-0.15, -0.1) is 0 Å². The Hall–Kier alpha value is -0.800. The summed E-state index contributed by atoms with van der Waals surface area (Å²) in [5.41, 5.74) is 0. The van der Waals surface area contributed by atoms with Gasteiger partial charge >= 0.3 is 0 Å². The van der Waals surface area contributed by atoms with Gasteiger partial charge in [0.2, 0.25) is 0 Å². The predicted molar refractivity (Wildman–Crippen MR) is 33.4 cm³/mol. The van der Waals surface area contributed by atoms with Gasteiger partial charge in [0, 0.05) is 13.3 Å². The fraction of sp³-hybridized carbons (Fsp3) is 0.333. The first-order valence-corrected chi connectivity index (χ1v) is 2.66. The van der Waals surface area contributed by atoms with Crippen molar-refractivity contribution in [3.8, 4) is 0 Å². The highest BCUT2D eigenvalue weighted by Crippen LogP contribution is 2.05. The topological polar surface area (TPSA) is 41.5 Å². The van der Waals surface area contributed by atoms with Crippen molar-refractivity contribution in [1.82, 2.24) is 5.32 Å². The Labute approximate surface area is 53.6 Å². The molecule has 3 nitrogen and oxygen atoms in total. The molecular weight excluding hydrogens is 118 g/mol. The molecule has 0 saturated carbocycles. The maximum absolute atomic E-state index is 9.21. The van der Waals surface area contributed by atoms with Crippen molar-refractivity contribution in [2.24, 2.45) is 0 Å². The normalized spacial score (nSPS) is 32.2. The summed E-state index contributed by atoms with van der Waals surface area (Å²) in [4.78, 5) is 0. The summed E-state index contributed by atoms with van der Waals surface area (Å²) in [6.45, 7) is 0.